The van der Waals surface area contributed by atoms with Crippen molar-refractivity contribution in [3.05, 3.63) is 29.3 Å². The molecule has 1 fully saturated rings. The van der Waals surface area contributed by atoms with E-state index in [9.17, 15) is 13.2 Å². The summed E-state index contributed by atoms with van der Waals surface area (Å²) in [6.07, 6.45) is 4.42. The van der Waals surface area contributed by atoms with Gasteiger partial charge in [0.05, 0.1) is 4.90 Å². The first-order valence-electron chi connectivity index (χ1n) is 9.21. The van der Waals surface area contributed by atoms with Gasteiger partial charge in [0, 0.05) is 25.6 Å². The molecule has 0 saturated carbocycles. The molecule has 0 atom stereocenters. The lowest BCUT2D eigenvalue weighted by Crippen LogP contribution is -2.43. The Bertz CT molecular complexity index is 693. The van der Waals surface area contributed by atoms with Crippen LogP contribution in [0.3, 0.4) is 0 Å². The highest BCUT2D eigenvalue weighted by molar-refractivity contribution is 7.89. The fraction of sp³-hybridized carbons (Fsp3) is 0.632. The van der Waals surface area contributed by atoms with Gasteiger partial charge in [0.25, 0.3) is 0 Å². The summed E-state index contributed by atoms with van der Waals surface area (Å²) in [4.78, 5) is 12.5. The van der Waals surface area contributed by atoms with Gasteiger partial charge in [-0.2, -0.15) is 4.31 Å². The summed E-state index contributed by atoms with van der Waals surface area (Å²) in [5.74, 6) is -0.00726. The summed E-state index contributed by atoms with van der Waals surface area (Å²) in [6, 6.07) is 5.25. The van der Waals surface area contributed by atoms with Crippen molar-refractivity contribution in [3.8, 4) is 0 Å². The monoisotopic (exact) mass is 366 g/mol. The molecule has 0 spiro atoms. The fourth-order valence-electron chi connectivity index (χ4n) is 3.11. The largest absolute Gasteiger partial charge is 0.356 e. The van der Waals surface area contributed by atoms with Gasteiger partial charge in [-0.05, 0) is 56.4 Å². The van der Waals surface area contributed by atoms with Crippen LogP contribution in [0.5, 0.6) is 0 Å². The highest BCUT2D eigenvalue weighted by atomic mass is 32.2. The van der Waals surface area contributed by atoms with E-state index in [1.807, 2.05) is 19.9 Å². The molecule has 25 heavy (non-hydrogen) atoms. The number of benzene rings is 1. The Labute approximate surface area is 151 Å². The van der Waals surface area contributed by atoms with E-state index in [0.29, 0.717) is 37.4 Å². The van der Waals surface area contributed by atoms with Gasteiger partial charge in [0.15, 0.2) is 0 Å². The van der Waals surface area contributed by atoms with E-state index >= 15 is 0 Å². The van der Waals surface area contributed by atoms with Crippen molar-refractivity contribution < 1.29 is 13.2 Å². The minimum Gasteiger partial charge on any atom is -0.356 e. The molecule has 0 unspecified atom stereocenters. The molecule has 5 nitrogen and oxygen atoms in total. The predicted molar refractivity (Wildman–Crippen MR) is 99.9 cm³/mol. The maximum absolute atomic E-state index is 12.8. The van der Waals surface area contributed by atoms with Gasteiger partial charge in [-0.25, -0.2) is 8.42 Å². The molecule has 1 aliphatic heterocycles. The number of nitrogens with zero attached hydrogens (tertiary/aromatic N) is 1. The molecule has 1 saturated heterocycles. The second-order valence-electron chi connectivity index (χ2n) is 6.92. The zero-order valence-corrected chi connectivity index (χ0v) is 16.4. The van der Waals surface area contributed by atoms with Crippen molar-refractivity contribution in [2.24, 2.45) is 5.92 Å². The first kappa shape index (κ1) is 19.9. The van der Waals surface area contributed by atoms with Gasteiger partial charge in [-0.1, -0.05) is 25.8 Å². The number of hydrogen-bond acceptors (Lipinski definition) is 3. The smallest absolute Gasteiger partial charge is 0.243 e. The molecule has 0 bridgehead atoms. The van der Waals surface area contributed by atoms with Crippen molar-refractivity contribution in [2.45, 2.75) is 57.8 Å². The van der Waals surface area contributed by atoms with E-state index < -0.39 is 10.0 Å². The Morgan fingerprint density at radius 3 is 2.44 bits per heavy atom. The van der Waals surface area contributed by atoms with Crippen LogP contribution in [0, 0.1) is 19.8 Å². The summed E-state index contributed by atoms with van der Waals surface area (Å²) in [7, 11) is -3.47. The van der Waals surface area contributed by atoms with Crippen LogP contribution in [0.2, 0.25) is 0 Å². The van der Waals surface area contributed by atoms with Crippen LogP contribution in [-0.2, 0) is 14.8 Å². The predicted octanol–water partition coefficient (Wildman–Crippen LogP) is 3.01. The second kappa shape index (κ2) is 8.81. The molecule has 1 aliphatic rings. The van der Waals surface area contributed by atoms with Gasteiger partial charge in [0.2, 0.25) is 15.9 Å². The highest BCUT2D eigenvalue weighted by Crippen LogP contribution is 2.25. The Balaban J connectivity index is 1.92. The average Bonchev–Trinajstić information content (AvgIpc) is 2.61. The minimum atomic E-state index is -3.47. The standard InChI is InChI=1S/C19H30N2O3S/c1-4-5-6-11-20-19(22)17-9-12-21(13-10-17)25(23,24)18-8-7-15(2)16(3)14-18/h7-8,14,17H,4-6,9-13H2,1-3H3,(H,20,22). The third kappa shape index (κ3) is 5.05. The Kier molecular flexibility index (Phi) is 7.02. The molecule has 1 N–H and O–H groups in total. The van der Waals surface area contributed by atoms with Crippen molar-refractivity contribution in [2.75, 3.05) is 19.6 Å². The molecule has 2 rings (SSSR count). The van der Waals surface area contributed by atoms with Gasteiger partial charge in [-0.3, -0.25) is 4.79 Å². The Morgan fingerprint density at radius 2 is 1.84 bits per heavy atom. The van der Waals surface area contributed by atoms with E-state index in [-0.39, 0.29) is 11.8 Å². The molecule has 0 aromatic heterocycles. The Morgan fingerprint density at radius 1 is 1.16 bits per heavy atom. The number of carbonyl (C=O) groups excluding carboxylic acids is 1. The molecule has 1 aromatic rings. The maximum Gasteiger partial charge on any atom is 0.243 e. The van der Waals surface area contributed by atoms with Crippen LogP contribution in [0.1, 0.15) is 50.2 Å². The number of aryl methyl sites for hydroxylation is 2. The normalized spacial score (nSPS) is 16.8. The van der Waals surface area contributed by atoms with Gasteiger partial charge >= 0.3 is 0 Å². The molecular weight excluding hydrogens is 336 g/mol. The number of sulfonamides is 1. The van der Waals surface area contributed by atoms with Crippen molar-refractivity contribution >= 4 is 15.9 Å². The number of rotatable bonds is 7. The average molecular weight is 367 g/mol. The lowest BCUT2D eigenvalue weighted by atomic mass is 9.97. The zero-order valence-electron chi connectivity index (χ0n) is 15.5. The van der Waals surface area contributed by atoms with E-state index in [1.165, 1.54) is 4.31 Å². The number of piperidine rings is 1. The third-order valence-corrected chi connectivity index (χ3v) is 6.92. The number of amides is 1. The van der Waals surface area contributed by atoms with E-state index in [4.69, 9.17) is 0 Å². The summed E-state index contributed by atoms with van der Waals surface area (Å²) >= 11 is 0. The summed E-state index contributed by atoms with van der Waals surface area (Å²) in [6.45, 7) is 7.55. The third-order valence-electron chi connectivity index (χ3n) is 5.02. The molecule has 1 amide bonds. The van der Waals surface area contributed by atoms with Crippen LogP contribution in [0.4, 0.5) is 0 Å². The van der Waals surface area contributed by atoms with Gasteiger partial charge in [-0.15, -0.1) is 0 Å². The summed E-state index contributed by atoms with van der Waals surface area (Å²) in [5, 5.41) is 2.98. The molecule has 0 radical (unpaired) electrons. The lowest BCUT2D eigenvalue weighted by Gasteiger charge is -2.30. The minimum absolute atomic E-state index is 0.0688. The SMILES string of the molecule is CCCCCNC(=O)C1CCN(S(=O)(=O)c2ccc(C)c(C)c2)CC1. The number of hydrogen-bond donors (Lipinski definition) is 1. The molecule has 0 aliphatic carbocycles. The molecule has 6 heteroatoms. The van der Waals surface area contributed by atoms with Crippen molar-refractivity contribution in [3.63, 3.8) is 0 Å². The molecular formula is C19H30N2O3S. The first-order chi connectivity index (χ1) is 11.9. The quantitative estimate of drug-likeness (QED) is 0.754. The van der Waals surface area contributed by atoms with E-state index in [2.05, 4.69) is 12.2 Å². The lowest BCUT2D eigenvalue weighted by molar-refractivity contribution is -0.126. The Hall–Kier alpha value is -1.40. The van der Waals surface area contributed by atoms with Crippen LogP contribution < -0.4 is 5.32 Å². The number of unbranched alkanes of at least 4 members (excludes halogenated alkanes) is 2. The van der Waals surface area contributed by atoms with Gasteiger partial charge in [0.1, 0.15) is 0 Å². The zero-order chi connectivity index (χ0) is 18.4. The first-order valence-corrected chi connectivity index (χ1v) is 10.7. The number of nitrogens with one attached hydrogen (secondary N) is 1. The number of carbonyl (C=O) groups is 1. The molecule has 1 aromatic carbocycles. The van der Waals surface area contributed by atoms with Crippen LogP contribution in [-0.4, -0.2) is 38.3 Å². The molecule has 140 valence electrons. The highest BCUT2D eigenvalue weighted by Gasteiger charge is 2.32. The van der Waals surface area contributed by atoms with Crippen molar-refractivity contribution in [1.29, 1.82) is 0 Å². The van der Waals surface area contributed by atoms with Crippen LogP contribution in [0.15, 0.2) is 23.1 Å². The van der Waals surface area contributed by atoms with Crippen LogP contribution in [0.25, 0.3) is 0 Å². The summed E-state index contributed by atoms with van der Waals surface area (Å²) in [5.41, 5.74) is 2.06. The topological polar surface area (TPSA) is 66.5 Å². The van der Waals surface area contributed by atoms with E-state index in [1.54, 1.807) is 12.1 Å². The molecule has 1 heterocycles. The van der Waals surface area contributed by atoms with Crippen molar-refractivity contribution in [1.82, 2.24) is 9.62 Å². The summed E-state index contributed by atoms with van der Waals surface area (Å²) < 4.78 is 27.1. The second-order valence-corrected chi connectivity index (χ2v) is 8.86. The van der Waals surface area contributed by atoms with Crippen LogP contribution >= 0.6 is 0 Å². The van der Waals surface area contributed by atoms with E-state index in [0.717, 1.165) is 30.4 Å². The van der Waals surface area contributed by atoms with Gasteiger partial charge < -0.3 is 5.32 Å². The fourth-order valence-corrected chi connectivity index (χ4v) is 4.67. The maximum atomic E-state index is 12.8.